The van der Waals surface area contributed by atoms with Gasteiger partial charge in [-0.3, -0.25) is 6.08 Å². The maximum absolute atomic E-state index is 3.78. The molecule has 1 aromatic carbocycles. The summed E-state index contributed by atoms with van der Waals surface area (Å²) in [5.41, 5.74) is 9.26. The summed E-state index contributed by atoms with van der Waals surface area (Å²) in [5.74, 6) is 0. The first-order valence-corrected chi connectivity index (χ1v) is 11.8. The van der Waals surface area contributed by atoms with Crippen molar-refractivity contribution in [3.63, 3.8) is 0 Å². The molecule has 1 aliphatic carbocycles. The monoisotopic (exact) mass is 492 g/mol. The minimum atomic E-state index is -1.17. The zero-order chi connectivity index (χ0) is 17.9. The van der Waals surface area contributed by atoms with E-state index in [4.69, 9.17) is 0 Å². The molecule has 1 aliphatic rings. The number of allylic oxidation sites excluding steroid dienone is 4. The van der Waals surface area contributed by atoms with Crippen LogP contribution in [0.1, 0.15) is 73.8 Å². The van der Waals surface area contributed by atoms with Crippen LogP contribution < -0.4 is 42.4 Å². The second-order valence-electron chi connectivity index (χ2n) is 7.46. The third-order valence-corrected chi connectivity index (χ3v) is 10.0. The predicted molar refractivity (Wildman–Crippen MR) is 111 cm³/mol. The SMILES string of the molecule is CCCCC[SiH](C1=[C-]CC=C1CC)c1c(C)c(C)c(C)c(C)c1C.[Cl-].[Cl-].[Cl-].[Ti+4]. The summed E-state index contributed by atoms with van der Waals surface area (Å²) in [4.78, 5) is 0. The van der Waals surface area contributed by atoms with Crippen molar-refractivity contribution >= 4 is 14.0 Å². The Balaban J connectivity index is -0.00000156. The Morgan fingerprint density at radius 1 is 0.821 bits per heavy atom. The van der Waals surface area contributed by atoms with Crippen LogP contribution in [0.15, 0.2) is 16.8 Å². The second kappa shape index (κ2) is 15.3. The first-order valence-electron chi connectivity index (χ1n) is 9.80. The van der Waals surface area contributed by atoms with Gasteiger partial charge in [0.05, 0.1) is 8.80 Å². The third kappa shape index (κ3) is 7.03. The van der Waals surface area contributed by atoms with Gasteiger partial charge in [-0.1, -0.05) is 50.8 Å². The van der Waals surface area contributed by atoms with Crippen molar-refractivity contribution in [2.24, 2.45) is 0 Å². The standard InChI is InChI=1S/C23H35Si.3ClH.Ti/c1-8-10-11-15-24(22-14-12-13-21(22)9-2)23-19(6)17(4)16(3)18(5)20(23)7;;;;/h13,24H,8-12,15H2,1-7H3;3*1H;/q-1;;;;+4/p-3. The molecular weight excluding hydrogens is 459 g/mol. The fourth-order valence-electron chi connectivity index (χ4n) is 4.27. The second-order valence-corrected chi connectivity index (χ2v) is 10.3. The Bertz CT molecular complexity index is 652. The van der Waals surface area contributed by atoms with Crippen LogP contribution in [0.25, 0.3) is 0 Å². The minimum Gasteiger partial charge on any atom is -1.00 e. The van der Waals surface area contributed by atoms with Crippen LogP contribution in [0.3, 0.4) is 0 Å². The molecule has 0 amide bonds. The van der Waals surface area contributed by atoms with E-state index in [1.165, 1.54) is 48.4 Å². The van der Waals surface area contributed by atoms with Gasteiger partial charge < -0.3 is 37.2 Å². The van der Waals surface area contributed by atoms with E-state index < -0.39 is 8.80 Å². The number of benzene rings is 1. The van der Waals surface area contributed by atoms with Crippen LogP contribution in [0.2, 0.25) is 6.04 Å². The molecule has 1 atom stereocenters. The van der Waals surface area contributed by atoms with Crippen molar-refractivity contribution in [3.05, 3.63) is 50.7 Å². The molecule has 0 saturated heterocycles. The van der Waals surface area contributed by atoms with Gasteiger partial charge in [-0.25, -0.2) is 10.8 Å². The van der Waals surface area contributed by atoms with E-state index in [1.807, 2.05) is 0 Å². The van der Waals surface area contributed by atoms with Crippen molar-refractivity contribution in [2.45, 2.75) is 86.6 Å². The topological polar surface area (TPSA) is 0 Å². The van der Waals surface area contributed by atoms with Gasteiger partial charge >= 0.3 is 21.7 Å². The van der Waals surface area contributed by atoms with Crippen molar-refractivity contribution in [1.29, 1.82) is 0 Å². The average molecular weight is 494 g/mol. The van der Waals surface area contributed by atoms with E-state index in [2.05, 4.69) is 60.6 Å². The van der Waals surface area contributed by atoms with Crippen molar-refractivity contribution < 1.29 is 58.9 Å². The summed E-state index contributed by atoms with van der Waals surface area (Å²) < 4.78 is 0. The van der Waals surface area contributed by atoms with Gasteiger partial charge in [0.2, 0.25) is 0 Å². The smallest absolute Gasteiger partial charge is 1.00 e. The van der Waals surface area contributed by atoms with Gasteiger partial charge in [0.15, 0.2) is 0 Å². The Kier molecular flexibility index (Phi) is 18.1. The maximum Gasteiger partial charge on any atom is 4.00 e. The molecule has 0 fully saturated rings. The van der Waals surface area contributed by atoms with Gasteiger partial charge in [0.25, 0.3) is 0 Å². The van der Waals surface area contributed by atoms with E-state index >= 15 is 0 Å². The molecule has 28 heavy (non-hydrogen) atoms. The molecule has 0 heterocycles. The molecule has 2 rings (SSSR count). The summed E-state index contributed by atoms with van der Waals surface area (Å²) in [6.07, 6.45) is 12.5. The van der Waals surface area contributed by atoms with Crippen LogP contribution in [0, 0.1) is 40.7 Å². The molecule has 5 heteroatoms. The van der Waals surface area contributed by atoms with Crippen LogP contribution in [-0.2, 0) is 21.7 Å². The van der Waals surface area contributed by atoms with E-state index in [9.17, 15) is 0 Å². The summed E-state index contributed by atoms with van der Waals surface area (Å²) in [6, 6.07) is 1.40. The number of halogens is 3. The van der Waals surface area contributed by atoms with Crippen LogP contribution >= 0.6 is 0 Å². The summed E-state index contributed by atoms with van der Waals surface area (Å²) in [7, 11) is -1.17. The Morgan fingerprint density at radius 3 is 1.79 bits per heavy atom. The van der Waals surface area contributed by atoms with Crippen LogP contribution in [0.4, 0.5) is 0 Å². The molecule has 0 saturated carbocycles. The Hall–Kier alpha value is 0.501. The summed E-state index contributed by atoms with van der Waals surface area (Å²) in [6.45, 7) is 16.3. The molecule has 0 spiro atoms. The molecular formula is C23H35Cl3SiTi. The molecule has 0 radical (unpaired) electrons. The largest absolute Gasteiger partial charge is 4.00 e. The van der Waals surface area contributed by atoms with Gasteiger partial charge in [-0.15, -0.1) is 6.42 Å². The molecule has 1 aromatic rings. The van der Waals surface area contributed by atoms with Crippen molar-refractivity contribution in [1.82, 2.24) is 0 Å². The van der Waals surface area contributed by atoms with E-state index in [0.29, 0.717) is 0 Å². The Labute approximate surface area is 209 Å². The first kappa shape index (κ1) is 33.1. The van der Waals surface area contributed by atoms with Gasteiger partial charge in [0.1, 0.15) is 0 Å². The summed E-state index contributed by atoms with van der Waals surface area (Å²) >= 11 is 0. The average Bonchev–Trinajstić information content (AvgIpc) is 3.05. The molecule has 1 unspecified atom stereocenters. The Morgan fingerprint density at radius 2 is 1.32 bits per heavy atom. The van der Waals surface area contributed by atoms with E-state index in [1.54, 1.807) is 27.1 Å². The third-order valence-electron chi connectivity index (χ3n) is 6.22. The van der Waals surface area contributed by atoms with Gasteiger partial charge in [0, 0.05) is 0 Å². The van der Waals surface area contributed by atoms with E-state index in [-0.39, 0.29) is 58.9 Å². The molecule has 156 valence electrons. The van der Waals surface area contributed by atoms with E-state index in [0.717, 1.165) is 6.42 Å². The number of rotatable bonds is 7. The number of hydrogen-bond acceptors (Lipinski definition) is 0. The first-order chi connectivity index (χ1) is 11.4. The number of unbranched alkanes of at least 4 members (excludes halogenated alkanes) is 2. The quantitative estimate of drug-likeness (QED) is 0.214. The van der Waals surface area contributed by atoms with Crippen LogP contribution in [0.5, 0.6) is 0 Å². The molecule has 0 aromatic heterocycles. The molecule has 0 N–H and O–H groups in total. The normalized spacial score (nSPS) is 13.2. The molecule has 0 nitrogen and oxygen atoms in total. The predicted octanol–water partition coefficient (Wildman–Crippen LogP) is -3.13. The van der Waals surface area contributed by atoms with Gasteiger partial charge in [-0.2, -0.15) is 6.08 Å². The maximum atomic E-state index is 3.78. The number of hydrogen-bond donors (Lipinski definition) is 0. The molecule has 0 aliphatic heterocycles. The van der Waals surface area contributed by atoms with Crippen molar-refractivity contribution in [2.75, 3.05) is 0 Å². The minimum absolute atomic E-state index is 0. The van der Waals surface area contributed by atoms with Crippen LogP contribution in [-0.4, -0.2) is 8.80 Å². The zero-order valence-electron chi connectivity index (χ0n) is 18.5. The van der Waals surface area contributed by atoms with Crippen molar-refractivity contribution in [3.8, 4) is 0 Å². The summed E-state index contributed by atoms with van der Waals surface area (Å²) in [5, 5.41) is 3.37. The molecule has 0 bridgehead atoms. The fourth-order valence-corrected chi connectivity index (χ4v) is 8.45. The zero-order valence-corrected chi connectivity index (χ0v) is 23.5. The fraction of sp³-hybridized carbons (Fsp3) is 0.565. The van der Waals surface area contributed by atoms with Gasteiger partial charge in [-0.05, 0) is 62.4 Å².